The fourth-order valence-corrected chi connectivity index (χ4v) is 5.19. The lowest BCUT2D eigenvalue weighted by atomic mass is 9.99. The van der Waals surface area contributed by atoms with Crippen LogP contribution in [0.2, 0.25) is 0 Å². The predicted octanol–water partition coefficient (Wildman–Crippen LogP) is 2.72. The fourth-order valence-electron chi connectivity index (χ4n) is 3.43. The van der Waals surface area contributed by atoms with Gasteiger partial charge in [0.1, 0.15) is 10.6 Å². The average Bonchev–Trinajstić information content (AvgIpc) is 2.72. The van der Waals surface area contributed by atoms with Crippen molar-refractivity contribution >= 4 is 15.9 Å². The van der Waals surface area contributed by atoms with Crippen LogP contribution in [0.15, 0.2) is 53.4 Å². The second kappa shape index (κ2) is 8.75. The Labute approximate surface area is 166 Å². The SMILES string of the molecule is COc1ccc(C)cc1S(=O)(=O)N1CCCC(C(=O)NCc2ccccc2)C1. The predicted molar refractivity (Wildman–Crippen MR) is 108 cm³/mol. The first-order chi connectivity index (χ1) is 13.4. The van der Waals surface area contributed by atoms with Crippen LogP contribution in [0.4, 0.5) is 0 Å². The molecular weight excluding hydrogens is 376 g/mol. The summed E-state index contributed by atoms with van der Waals surface area (Å²) in [6, 6.07) is 14.8. The molecule has 1 aliphatic heterocycles. The molecule has 0 radical (unpaired) electrons. The van der Waals surface area contributed by atoms with Gasteiger partial charge in [0.2, 0.25) is 15.9 Å². The molecule has 1 fully saturated rings. The Balaban J connectivity index is 1.72. The van der Waals surface area contributed by atoms with Crippen LogP contribution in [0.5, 0.6) is 5.75 Å². The number of carbonyl (C=O) groups is 1. The van der Waals surface area contributed by atoms with Crippen LogP contribution < -0.4 is 10.1 Å². The van der Waals surface area contributed by atoms with Crippen molar-refractivity contribution in [2.75, 3.05) is 20.2 Å². The molecule has 1 atom stereocenters. The molecule has 0 saturated carbocycles. The Bertz CT molecular complexity index is 929. The number of methoxy groups -OCH3 is 1. The number of benzene rings is 2. The number of rotatable bonds is 6. The topological polar surface area (TPSA) is 75.7 Å². The van der Waals surface area contributed by atoms with Crippen LogP contribution in [0.25, 0.3) is 0 Å². The fraction of sp³-hybridized carbons (Fsp3) is 0.381. The number of aryl methyl sites for hydroxylation is 1. The lowest BCUT2D eigenvalue weighted by molar-refractivity contribution is -0.126. The van der Waals surface area contributed by atoms with Gasteiger partial charge in [0, 0.05) is 19.6 Å². The first-order valence-corrected chi connectivity index (χ1v) is 10.8. The molecule has 0 aromatic heterocycles. The van der Waals surface area contributed by atoms with Crippen molar-refractivity contribution in [1.29, 1.82) is 0 Å². The highest BCUT2D eigenvalue weighted by atomic mass is 32.2. The van der Waals surface area contributed by atoms with Gasteiger partial charge in [-0.2, -0.15) is 4.31 Å². The van der Waals surface area contributed by atoms with Crippen molar-refractivity contribution in [3.8, 4) is 5.75 Å². The van der Waals surface area contributed by atoms with E-state index in [1.165, 1.54) is 11.4 Å². The number of sulfonamides is 1. The molecule has 1 unspecified atom stereocenters. The van der Waals surface area contributed by atoms with E-state index < -0.39 is 10.0 Å². The molecule has 1 saturated heterocycles. The molecule has 0 spiro atoms. The molecule has 1 heterocycles. The zero-order valence-electron chi connectivity index (χ0n) is 16.2. The third-order valence-corrected chi connectivity index (χ3v) is 6.89. The molecule has 6 nitrogen and oxygen atoms in total. The minimum absolute atomic E-state index is 0.111. The summed E-state index contributed by atoms with van der Waals surface area (Å²) in [5, 5.41) is 2.93. The van der Waals surface area contributed by atoms with Crippen molar-refractivity contribution < 1.29 is 17.9 Å². The highest BCUT2D eigenvalue weighted by Crippen LogP contribution is 2.30. The Morgan fingerprint density at radius 2 is 1.96 bits per heavy atom. The van der Waals surface area contributed by atoms with Gasteiger partial charge in [-0.1, -0.05) is 36.4 Å². The molecule has 150 valence electrons. The first kappa shape index (κ1) is 20.4. The summed E-state index contributed by atoms with van der Waals surface area (Å²) in [6.07, 6.45) is 1.33. The minimum atomic E-state index is -3.73. The Hall–Kier alpha value is -2.38. The van der Waals surface area contributed by atoms with Gasteiger partial charge in [0.05, 0.1) is 13.0 Å². The molecule has 28 heavy (non-hydrogen) atoms. The van der Waals surface area contributed by atoms with E-state index in [1.54, 1.807) is 12.1 Å². The number of amides is 1. The minimum Gasteiger partial charge on any atom is -0.495 e. The van der Waals surface area contributed by atoms with Crippen LogP contribution in [-0.2, 0) is 21.4 Å². The molecule has 7 heteroatoms. The number of piperidine rings is 1. The molecule has 0 aliphatic carbocycles. The van der Waals surface area contributed by atoms with E-state index in [0.29, 0.717) is 31.7 Å². The molecule has 2 aromatic rings. The number of hydrogen-bond acceptors (Lipinski definition) is 4. The summed E-state index contributed by atoms with van der Waals surface area (Å²) in [7, 11) is -2.27. The summed E-state index contributed by atoms with van der Waals surface area (Å²) >= 11 is 0. The molecule has 0 bridgehead atoms. The van der Waals surface area contributed by atoms with Gasteiger partial charge in [0.15, 0.2) is 0 Å². The van der Waals surface area contributed by atoms with Gasteiger partial charge < -0.3 is 10.1 Å². The maximum Gasteiger partial charge on any atom is 0.246 e. The lowest BCUT2D eigenvalue weighted by Gasteiger charge is -2.31. The molecule has 1 N–H and O–H groups in total. The van der Waals surface area contributed by atoms with Gasteiger partial charge >= 0.3 is 0 Å². The van der Waals surface area contributed by atoms with E-state index in [2.05, 4.69) is 5.32 Å². The number of nitrogens with zero attached hydrogens (tertiary/aromatic N) is 1. The van der Waals surface area contributed by atoms with Crippen molar-refractivity contribution in [3.05, 3.63) is 59.7 Å². The first-order valence-electron chi connectivity index (χ1n) is 9.38. The Morgan fingerprint density at radius 3 is 2.68 bits per heavy atom. The smallest absolute Gasteiger partial charge is 0.246 e. The van der Waals surface area contributed by atoms with E-state index in [9.17, 15) is 13.2 Å². The van der Waals surface area contributed by atoms with Crippen molar-refractivity contribution in [3.63, 3.8) is 0 Å². The van der Waals surface area contributed by atoms with Gasteiger partial charge in [0.25, 0.3) is 0 Å². The second-order valence-corrected chi connectivity index (χ2v) is 8.97. The van der Waals surface area contributed by atoms with Crippen LogP contribution in [0.3, 0.4) is 0 Å². The number of hydrogen-bond donors (Lipinski definition) is 1. The normalized spacial score (nSPS) is 17.9. The summed E-state index contributed by atoms with van der Waals surface area (Å²) in [5.74, 6) is -0.149. The van der Waals surface area contributed by atoms with E-state index in [4.69, 9.17) is 4.74 Å². The van der Waals surface area contributed by atoms with Gasteiger partial charge in [-0.05, 0) is 43.0 Å². The maximum absolute atomic E-state index is 13.2. The van der Waals surface area contributed by atoms with Gasteiger partial charge in [-0.15, -0.1) is 0 Å². The maximum atomic E-state index is 13.2. The monoisotopic (exact) mass is 402 g/mol. The third-order valence-electron chi connectivity index (χ3n) is 5.00. The van der Waals surface area contributed by atoms with Crippen molar-refractivity contribution in [2.45, 2.75) is 31.2 Å². The highest BCUT2D eigenvalue weighted by Gasteiger charge is 2.34. The van der Waals surface area contributed by atoms with Crippen LogP contribution in [0.1, 0.15) is 24.0 Å². The number of nitrogens with one attached hydrogen (secondary N) is 1. The van der Waals surface area contributed by atoms with Gasteiger partial charge in [-0.25, -0.2) is 8.42 Å². The third kappa shape index (κ3) is 4.54. The van der Waals surface area contributed by atoms with Gasteiger partial charge in [-0.3, -0.25) is 4.79 Å². The van der Waals surface area contributed by atoms with Crippen LogP contribution in [-0.4, -0.2) is 38.8 Å². The zero-order chi connectivity index (χ0) is 20.1. The van der Waals surface area contributed by atoms with E-state index >= 15 is 0 Å². The summed E-state index contributed by atoms with van der Waals surface area (Å²) in [5.41, 5.74) is 1.86. The summed E-state index contributed by atoms with van der Waals surface area (Å²) in [6.45, 7) is 2.87. The lowest BCUT2D eigenvalue weighted by Crippen LogP contribution is -2.45. The van der Waals surface area contributed by atoms with Crippen molar-refractivity contribution in [1.82, 2.24) is 9.62 Å². The Morgan fingerprint density at radius 1 is 1.21 bits per heavy atom. The van der Waals surface area contributed by atoms with E-state index in [1.807, 2.05) is 43.3 Å². The van der Waals surface area contributed by atoms with Crippen molar-refractivity contribution in [2.24, 2.45) is 5.92 Å². The van der Waals surface area contributed by atoms with Crippen LogP contribution in [0, 0.1) is 12.8 Å². The molecule has 1 amide bonds. The second-order valence-electron chi connectivity index (χ2n) is 7.06. The average molecular weight is 403 g/mol. The standard InChI is InChI=1S/C21H26N2O4S/c1-16-10-11-19(27-2)20(13-16)28(25,26)23-12-6-9-18(15-23)21(24)22-14-17-7-4-3-5-8-17/h3-5,7-8,10-11,13,18H,6,9,12,14-15H2,1-2H3,(H,22,24). The van der Waals surface area contributed by atoms with E-state index in [0.717, 1.165) is 11.1 Å². The quantitative estimate of drug-likeness (QED) is 0.806. The number of carbonyl (C=O) groups excluding carboxylic acids is 1. The molecular formula is C21H26N2O4S. The largest absolute Gasteiger partial charge is 0.495 e. The summed E-state index contributed by atoms with van der Waals surface area (Å²) in [4.78, 5) is 12.8. The van der Waals surface area contributed by atoms with Crippen LogP contribution >= 0.6 is 0 Å². The molecule has 3 rings (SSSR count). The Kier molecular flexibility index (Phi) is 6.36. The number of ether oxygens (including phenoxy) is 1. The molecule has 1 aliphatic rings. The highest BCUT2D eigenvalue weighted by molar-refractivity contribution is 7.89. The molecule has 2 aromatic carbocycles. The summed E-state index contributed by atoms with van der Waals surface area (Å²) < 4.78 is 33.0. The van der Waals surface area contributed by atoms with E-state index in [-0.39, 0.29) is 23.3 Å². The zero-order valence-corrected chi connectivity index (χ0v) is 17.0.